The number of aromatic nitrogens is 4. The first-order valence-electron chi connectivity index (χ1n) is 10.1. The lowest BCUT2D eigenvalue weighted by molar-refractivity contribution is 0.400. The molecule has 2 aromatic carbocycles. The number of nitrogens with zero attached hydrogens (tertiary/aromatic N) is 4. The Balaban J connectivity index is 1.52. The Morgan fingerprint density at radius 2 is 1.81 bits per heavy atom. The van der Waals surface area contributed by atoms with E-state index >= 15 is 0 Å². The fourth-order valence-electron chi connectivity index (χ4n) is 3.78. The molecule has 0 spiro atoms. The van der Waals surface area contributed by atoms with E-state index in [-0.39, 0.29) is 11.8 Å². The van der Waals surface area contributed by atoms with E-state index in [1.807, 2.05) is 6.07 Å². The zero-order valence-electron chi connectivity index (χ0n) is 16.8. The highest BCUT2D eigenvalue weighted by molar-refractivity contribution is 5.79. The minimum absolute atomic E-state index is 0.188. The van der Waals surface area contributed by atoms with Crippen LogP contribution >= 0.6 is 0 Å². The lowest BCUT2D eigenvalue weighted by Crippen LogP contribution is -2.13. The third-order valence-electron chi connectivity index (χ3n) is 5.29. The number of H-pyrrole nitrogens is 1. The number of hydrogen-bond donors (Lipinski definition) is 2. The fourth-order valence-corrected chi connectivity index (χ4v) is 3.78. The number of nitrogens with one attached hydrogen (secondary N) is 1. The minimum Gasteiger partial charge on any atom is -0.372 e. The number of imidazole rings is 1. The summed E-state index contributed by atoms with van der Waals surface area (Å²) in [5.74, 6) is 0.678. The normalized spacial score (nSPS) is 13.5. The summed E-state index contributed by atoms with van der Waals surface area (Å²) < 4.78 is 13.5. The fraction of sp³-hybridized carbons (Fsp3) is 0.125. The zero-order chi connectivity index (χ0) is 21.2. The van der Waals surface area contributed by atoms with Gasteiger partial charge in [-0.05, 0) is 42.3 Å². The summed E-state index contributed by atoms with van der Waals surface area (Å²) in [4.78, 5) is 18.9. The Kier molecular flexibility index (Phi) is 4.92. The molecule has 0 saturated heterocycles. The van der Waals surface area contributed by atoms with E-state index in [9.17, 15) is 4.39 Å². The van der Waals surface area contributed by atoms with Gasteiger partial charge in [0.25, 0.3) is 0 Å². The molecule has 0 saturated carbocycles. The summed E-state index contributed by atoms with van der Waals surface area (Å²) in [6.07, 6.45) is 4.65. The summed E-state index contributed by atoms with van der Waals surface area (Å²) in [5.41, 5.74) is 11.1. The van der Waals surface area contributed by atoms with Crippen molar-refractivity contribution in [3.05, 3.63) is 90.3 Å². The molecule has 0 aliphatic carbocycles. The quantitative estimate of drug-likeness (QED) is 0.504. The monoisotopic (exact) mass is 412 g/mol. The number of nitrogen functional groups attached to an aromatic ring is 1. The van der Waals surface area contributed by atoms with Gasteiger partial charge in [-0.15, -0.1) is 0 Å². The topological polar surface area (TPSA) is 83.7 Å². The van der Waals surface area contributed by atoms with Crippen LogP contribution in [0, 0.1) is 5.82 Å². The van der Waals surface area contributed by atoms with Gasteiger partial charge in [0, 0.05) is 36.6 Å². The first-order chi connectivity index (χ1) is 15.2. The van der Waals surface area contributed by atoms with Crippen molar-refractivity contribution in [3.8, 4) is 22.6 Å². The minimum atomic E-state index is -0.289. The van der Waals surface area contributed by atoms with Crippen molar-refractivity contribution in [1.82, 2.24) is 24.8 Å². The molecule has 31 heavy (non-hydrogen) atoms. The van der Waals surface area contributed by atoms with Crippen LogP contribution in [0.2, 0.25) is 0 Å². The number of hydrogen-bond acceptors (Lipinski definition) is 5. The number of anilines is 1. The molecule has 0 atom stereocenters. The first-order valence-corrected chi connectivity index (χ1v) is 10.1. The Hall–Kier alpha value is -4.00. The van der Waals surface area contributed by atoms with Crippen molar-refractivity contribution < 1.29 is 4.39 Å². The number of halogens is 1. The average molecular weight is 412 g/mol. The lowest BCUT2D eigenvalue weighted by Gasteiger charge is -2.14. The Morgan fingerprint density at radius 3 is 2.58 bits per heavy atom. The van der Waals surface area contributed by atoms with Gasteiger partial charge in [0.05, 0.1) is 17.1 Å². The van der Waals surface area contributed by atoms with Gasteiger partial charge >= 0.3 is 0 Å². The molecule has 3 heterocycles. The third kappa shape index (κ3) is 4.02. The van der Waals surface area contributed by atoms with E-state index in [1.54, 1.807) is 24.4 Å². The van der Waals surface area contributed by atoms with E-state index in [1.165, 1.54) is 17.7 Å². The highest BCUT2D eigenvalue weighted by atomic mass is 19.1. The molecule has 0 amide bonds. The second-order valence-corrected chi connectivity index (χ2v) is 7.48. The maximum atomic E-state index is 13.5. The maximum Gasteiger partial charge on any atom is 0.220 e. The molecule has 0 unspecified atom stereocenters. The number of aromatic amines is 1. The van der Waals surface area contributed by atoms with E-state index < -0.39 is 0 Å². The number of nitrogens with two attached hydrogens (primary N) is 1. The van der Waals surface area contributed by atoms with Gasteiger partial charge in [-0.25, -0.2) is 19.3 Å². The van der Waals surface area contributed by atoms with E-state index in [4.69, 9.17) is 10.7 Å². The van der Waals surface area contributed by atoms with E-state index in [0.717, 1.165) is 42.2 Å². The third-order valence-corrected chi connectivity index (χ3v) is 5.29. The van der Waals surface area contributed by atoms with Gasteiger partial charge in [-0.2, -0.15) is 0 Å². The molecular formula is C24H21FN6. The SMILES string of the molecule is Nc1nccc(-c2[nH]c(C3=CN(Cc4ccccc4)CC3)nc2-c2ccc(F)cc2)n1. The second kappa shape index (κ2) is 8.02. The van der Waals surface area contributed by atoms with Crippen LogP contribution < -0.4 is 5.73 Å². The van der Waals surface area contributed by atoms with Crippen LogP contribution in [-0.2, 0) is 6.54 Å². The van der Waals surface area contributed by atoms with E-state index in [2.05, 4.69) is 50.3 Å². The predicted molar refractivity (Wildman–Crippen MR) is 119 cm³/mol. The second-order valence-electron chi connectivity index (χ2n) is 7.48. The van der Waals surface area contributed by atoms with Gasteiger partial charge in [-0.1, -0.05) is 30.3 Å². The summed E-state index contributed by atoms with van der Waals surface area (Å²) >= 11 is 0. The molecule has 5 rings (SSSR count). The van der Waals surface area contributed by atoms with Crippen molar-refractivity contribution in [2.24, 2.45) is 0 Å². The summed E-state index contributed by atoms with van der Waals surface area (Å²) in [6.45, 7) is 1.78. The maximum absolute atomic E-state index is 13.5. The standard InChI is InChI=1S/C24H21FN6/c25-19-8-6-17(7-9-19)21-22(20-10-12-27-24(26)28-20)30-23(29-21)18-11-13-31(15-18)14-16-4-2-1-3-5-16/h1-10,12,15H,11,13-14H2,(H,29,30)(H2,26,27,28). The molecule has 0 radical (unpaired) electrons. The Labute approximate surface area is 179 Å². The first kappa shape index (κ1) is 19.0. The molecule has 0 bridgehead atoms. The average Bonchev–Trinajstić information content (AvgIpc) is 3.42. The summed E-state index contributed by atoms with van der Waals surface area (Å²) in [7, 11) is 0. The summed E-state index contributed by atoms with van der Waals surface area (Å²) in [6, 6.07) is 18.5. The number of benzene rings is 2. The molecule has 3 N–H and O–H groups in total. The predicted octanol–water partition coefficient (Wildman–Crippen LogP) is 4.50. The molecule has 7 heteroatoms. The summed E-state index contributed by atoms with van der Waals surface area (Å²) in [5, 5.41) is 0. The molecule has 6 nitrogen and oxygen atoms in total. The van der Waals surface area contributed by atoms with Crippen molar-refractivity contribution in [2.75, 3.05) is 12.3 Å². The van der Waals surface area contributed by atoms with Crippen LogP contribution in [0.25, 0.3) is 28.2 Å². The molecule has 2 aromatic heterocycles. The zero-order valence-corrected chi connectivity index (χ0v) is 16.8. The molecular weight excluding hydrogens is 391 g/mol. The van der Waals surface area contributed by atoms with Crippen molar-refractivity contribution in [3.63, 3.8) is 0 Å². The van der Waals surface area contributed by atoms with E-state index in [0.29, 0.717) is 11.4 Å². The van der Waals surface area contributed by atoms with Crippen LogP contribution in [0.1, 0.15) is 17.8 Å². The largest absolute Gasteiger partial charge is 0.372 e. The molecule has 1 aliphatic rings. The van der Waals surface area contributed by atoms with Crippen LogP contribution in [0.3, 0.4) is 0 Å². The van der Waals surface area contributed by atoms with Gasteiger partial charge < -0.3 is 15.6 Å². The molecule has 1 aliphatic heterocycles. The Morgan fingerprint density at radius 1 is 1.00 bits per heavy atom. The highest BCUT2D eigenvalue weighted by Gasteiger charge is 2.21. The van der Waals surface area contributed by atoms with Gasteiger partial charge in [0.15, 0.2) is 0 Å². The van der Waals surface area contributed by atoms with Crippen molar-refractivity contribution in [2.45, 2.75) is 13.0 Å². The van der Waals surface area contributed by atoms with Gasteiger partial charge in [0.2, 0.25) is 5.95 Å². The molecule has 4 aromatic rings. The smallest absolute Gasteiger partial charge is 0.220 e. The Bertz CT molecular complexity index is 1230. The molecule has 0 fully saturated rings. The van der Waals surface area contributed by atoms with Crippen LogP contribution in [0.4, 0.5) is 10.3 Å². The van der Waals surface area contributed by atoms with Crippen molar-refractivity contribution >= 4 is 11.5 Å². The van der Waals surface area contributed by atoms with Gasteiger partial charge in [0.1, 0.15) is 11.6 Å². The lowest BCUT2D eigenvalue weighted by atomic mass is 10.1. The van der Waals surface area contributed by atoms with Crippen LogP contribution in [0.5, 0.6) is 0 Å². The number of rotatable bonds is 5. The van der Waals surface area contributed by atoms with Gasteiger partial charge in [-0.3, -0.25) is 0 Å². The molecule has 154 valence electrons. The highest BCUT2D eigenvalue weighted by Crippen LogP contribution is 2.33. The van der Waals surface area contributed by atoms with Crippen LogP contribution in [0.15, 0.2) is 73.1 Å². The van der Waals surface area contributed by atoms with Crippen molar-refractivity contribution in [1.29, 1.82) is 0 Å². The van der Waals surface area contributed by atoms with Crippen LogP contribution in [-0.4, -0.2) is 31.4 Å².